The van der Waals surface area contributed by atoms with Crippen LogP contribution in [0.5, 0.6) is 0 Å². The Labute approximate surface area is 110 Å². The number of rotatable bonds is 2. The van der Waals surface area contributed by atoms with Gasteiger partial charge in [-0.3, -0.25) is 0 Å². The molecule has 0 saturated heterocycles. The van der Waals surface area contributed by atoms with E-state index in [9.17, 15) is 0 Å². The second kappa shape index (κ2) is 4.57. The van der Waals surface area contributed by atoms with Gasteiger partial charge in [0.2, 0.25) is 0 Å². The van der Waals surface area contributed by atoms with Crippen molar-refractivity contribution in [3.05, 3.63) is 49.1 Å². The van der Waals surface area contributed by atoms with E-state index in [1.54, 1.807) is 0 Å². The predicted octanol–water partition coefficient (Wildman–Crippen LogP) is 2.87. The Morgan fingerprint density at radius 1 is 1.18 bits per heavy atom. The summed E-state index contributed by atoms with van der Waals surface area (Å²) in [5.74, 6) is 0. The van der Waals surface area contributed by atoms with Crippen molar-refractivity contribution in [1.29, 1.82) is 0 Å². The molecule has 0 fully saturated rings. The Morgan fingerprint density at radius 2 is 1.82 bits per heavy atom. The molecule has 0 N–H and O–H groups in total. The van der Waals surface area contributed by atoms with Crippen molar-refractivity contribution >= 4 is 26.1 Å². The minimum atomic E-state index is -1.58. The van der Waals surface area contributed by atoms with Gasteiger partial charge in [-0.25, -0.2) is 0 Å². The van der Waals surface area contributed by atoms with E-state index in [1.807, 2.05) is 12.5 Å². The summed E-state index contributed by atoms with van der Waals surface area (Å²) < 4.78 is 2.25. The van der Waals surface area contributed by atoms with Crippen LogP contribution in [0.1, 0.15) is 20.8 Å². The zero-order valence-corrected chi connectivity index (χ0v) is 13.0. The molecule has 17 heavy (non-hydrogen) atoms. The molecular formula is C13H17N2PSe. The second-order valence-corrected chi connectivity index (χ2v) is 11.8. The van der Waals surface area contributed by atoms with E-state index in [4.69, 9.17) is 0 Å². The Morgan fingerprint density at radius 3 is 2.29 bits per heavy atom. The molecule has 4 heteroatoms. The standard InChI is InChI=1S/C13H17N2PSe/c1-13(2,3)16(17,15-10-9-14-11-15)12-7-5-4-6-8-12/h4-11H,1-3H3. The van der Waals surface area contributed by atoms with Crippen LogP contribution in [0.25, 0.3) is 0 Å². The molecule has 0 spiro atoms. The average molecular weight is 311 g/mol. The molecule has 2 rings (SSSR count). The van der Waals surface area contributed by atoms with E-state index in [0.29, 0.717) is 0 Å². The molecule has 1 heterocycles. The number of benzene rings is 1. The minimum absolute atomic E-state index is 0.162. The monoisotopic (exact) mass is 312 g/mol. The van der Waals surface area contributed by atoms with Crippen LogP contribution in [0.15, 0.2) is 49.1 Å². The van der Waals surface area contributed by atoms with Crippen molar-refractivity contribution in [1.82, 2.24) is 9.32 Å². The number of aromatic nitrogens is 2. The summed E-state index contributed by atoms with van der Waals surface area (Å²) in [4.78, 5) is 4.20. The number of hydrogen-bond donors (Lipinski definition) is 0. The molecule has 0 aliphatic rings. The summed E-state index contributed by atoms with van der Waals surface area (Å²) in [5.41, 5.74) is -1.58. The fourth-order valence-electron chi connectivity index (χ4n) is 1.92. The van der Waals surface area contributed by atoms with Crippen LogP contribution in [0.3, 0.4) is 0 Å². The van der Waals surface area contributed by atoms with Gasteiger partial charge in [-0.05, 0) is 0 Å². The van der Waals surface area contributed by atoms with Gasteiger partial charge in [-0.15, -0.1) is 0 Å². The molecule has 0 aliphatic carbocycles. The molecule has 0 saturated carbocycles. The fraction of sp³-hybridized carbons (Fsp3) is 0.308. The van der Waals surface area contributed by atoms with Gasteiger partial charge in [-0.2, -0.15) is 0 Å². The van der Waals surface area contributed by atoms with E-state index in [1.165, 1.54) is 5.30 Å². The molecule has 1 aromatic heterocycles. The van der Waals surface area contributed by atoms with Crippen molar-refractivity contribution in [2.75, 3.05) is 0 Å². The van der Waals surface area contributed by atoms with Gasteiger partial charge < -0.3 is 0 Å². The van der Waals surface area contributed by atoms with Crippen molar-refractivity contribution in [2.45, 2.75) is 25.9 Å². The number of hydrogen-bond acceptors (Lipinski definition) is 1. The molecule has 0 aliphatic heterocycles. The summed E-state index contributed by atoms with van der Waals surface area (Å²) in [6.07, 6.45) is 5.83. The summed E-state index contributed by atoms with van der Waals surface area (Å²) in [6.45, 7) is 6.85. The molecule has 0 bridgehead atoms. The fourth-order valence-corrected chi connectivity index (χ4v) is 6.05. The van der Waals surface area contributed by atoms with Crippen LogP contribution in [0.2, 0.25) is 0 Å². The van der Waals surface area contributed by atoms with Crippen molar-refractivity contribution < 1.29 is 0 Å². The Bertz CT molecular complexity index is 526. The molecule has 0 radical (unpaired) electrons. The van der Waals surface area contributed by atoms with Crippen LogP contribution in [-0.2, 0) is 0 Å². The first-order chi connectivity index (χ1) is 7.96. The molecular weight excluding hydrogens is 294 g/mol. The molecule has 90 valence electrons. The molecule has 2 aromatic rings. The number of nitrogens with zero attached hydrogens (tertiary/aromatic N) is 2. The van der Waals surface area contributed by atoms with E-state index in [0.717, 1.165) is 0 Å². The maximum absolute atomic E-state index is 4.20. The first kappa shape index (κ1) is 12.8. The van der Waals surface area contributed by atoms with Gasteiger partial charge in [0.15, 0.2) is 0 Å². The van der Waals surface area contributed by atoms with E-state index in [2.05, 4.69) is 81.7 Å². The van der Waals surface area contributed by atoms with Crippen molar-refractivity contribution in [3.8, 4) is 0 Å². The second-order valence-electron chi connectivity index (χ2n) is 5.03. The van der Waals surface area contributed by atoms with E-state index < -0.39 is 5.66 Å². The van der Waals surface area contributed by atoms with Crippen molar-refractivity contribution in [2.24, 2.45) is 0 Å². The maximum atomic E-state index is 4.20. The molecule has 1 aromatic carbocycles. The van der Waals surface area contributed by atoms with Gasteiger partial charge in [-0.1, -0.05) is 0 Å². The quantitative estimate of drug-likeness (QED) is 0.616. The van der Waals surface area contributed by atoms with Crippen LogP contribution < -0.4 is 5.30 Å². The summed E-state index contributed by atoms with van der Waals surface area (Å²) in [5, 5.41) is 1.53. The Balaban J connectivity index is 2.66. The van der Waals surface area contributed by atoms with Crippen LogP contribution in [-0.4, -0.2) is 29.6 Å². The predicted molar refractivity (Wildman–Crippen MR) is 76.1 cm³/mol. The first-order valence-corrected chi connectivity index (χ1v) is 9.56. The zero-order valence-electron chi connectivity index (χ0n) is 10.4. The third kappa shape index (κ3) is 2.20. The van der Waals surface area contributed by atoms with Crippen LogP contribution in [0, 0.1) is 0 Å². The van der Waals surface area contributed by atoms with Gasteiger partial charge in [0.05, 0.1) is 0 Å². The topological polar surface area (TPSA) is 17.8 Å². The molecule has 1 atom stereocenters. The summed E-state index contributed by atoms with van der Waals surface area (Å²) in [7, 11) is 0. The first-order valence-electron chi connectivity index (χ1n) is 5.61. The van der Waals surface area contributed by atoms with Gasteiger partial charge in [0.1, 0.15) is 0 Å². The molecule has 0 amide bonds. The Hall–Kier alpha value is -0.621. The van der Waals surface area contributed by atoms with Crippen LogP contribution >= 0.6 is 5.66 Å². The third-order valence-electron chi connectivity index (χ3n) is 2.83. The normalized spacial score (nSPS) is 15.5. The SMILES string of the molecule is CC(C)(C)P(=[Se])(c1ccccc1)n1ccnc1. The van der Waals surface area contributed by atoms with Gasteiger partial charge in [0.25, 0.3) is 0 Å². The number of imidazole rings is 1. The molecule has 2 nitrogen and oxygen atoms in total. The Kier molecular flexibility index (Phi) is 3.45. The van der Waals surface area contributed by atoms with E-state index in [-0.39, 0.29) is 5.16 Å². The van der Waals surface area contributed by atoms with Crippen molar-refractivity contribution in [3.63, 3.8) is 0 Å². The molecule has 1 unspecified atom stereocenters. The van der Waals surface area contributed by atoms with E-state index >= 15 is 0 Å². The third-order valence-corrected chi connectivity index (χ3v) is 12.5. The summed E-state index contributed by atoms with van der Waals surface area (Å²) >= 11 is 3.48. The van der Waals surface area contributed by atoms with Gasteiger partial charge in [0, 0.05) is 0 Å². The summed E-state index contributed by atoms with van der Waals surface area (Å²) in [6, 6.07) is 10.7. The average Bonchev–Trinajstić information content (AvgIpc) is 2.81. The van der Waals surface area contributed by atoms with Crippen LogP contribution in [0.4, 0.5) is 0 Å². The van der Waals surface area contributed by atoms with Gasteiger partial charge >= 0.3 is 110 Å². The zero-order chi connectivity index (χ0) is 12.5.